The lowest BCUT2D eigenvalue weighted by Gasteiger charge is -2.19. The van der Waals surface area contributed by atoms with Crippen molar-refractivity contribution in [2.24, 2.45) is 0 Å². The zero-order valence-electron chi connectivity index (χ0n) is 17.0. The summed E-state index contributed by atoms with van der Waals surface area (Å²) in [6, 6.07) is 9.27. The van der Waals surface area contributed by atoms with Gasteiger partial charge in [0.15, 0.2) is 0 Å². The first kappa shape index (κ1) is 24.2. The highest BCUT2D eigenvalue weighted by molar-refractivity contribution is 7.98. The van der Waals surface area contributed by atoms with Crippen molar-refractivity contribution < 1.29 is 19.1 Å². The summed E-state index contributed by atoms with van der Waals surface area (Å²) in [5.41, 5.74) is 1.08. The Morgan fingerprint density at radius 3 is 2.30 bits per heavy atom. The number of methoxy groups -OCH3 is 2. The molecule has 2 amide bonds. The third-order valence-electron chi connectivity index (χ3n) is 4.29. The molecule has 9 heteroatoms. The van der Waals surface area contributed by atoms with E-state index in [1.807, 2.05) is 18.4 Å². The number of ether oxygens (including phenoxy) is 2. The highest BCUT2D eigenvalue weighted by atomic mass is 35.5. The van der Waals surface area contributed by atoms with Crippen LogP contribution in [0.15, 0.2) is 36.4 Å². The Balaban J connectivity index is 2.08. The fourth-order valence-electron chi connectivity index (χ4n) is 2.69. The maximum absolute atomic E-state index is 12.8. The van der Waals surface area contributed by atoms with Crippen LogP contribution in [0.4, 0.5) is 0 Å². The number of nitrogens with one attached hydrogen (secondary N) is 2. The lowest BCUT2D eigenvalue weighted by atomic mass is 10.1. The number of carbonyl (C=O) groups excluding carboxylic acids is 2. The highest BCUT2D eigenvalue weighted by Gasteiger charge is 2.22. The Morgan fingerprint density at radius 1 is 1.07 bits per heavy atom. The first-order valence-electron chi connectivity index (χ1n) is 9.12. The molecule has 6 nitrogen and oxygen atoms in total. The van der Waals surface area contributed by atoms with Crippen LogP contribution in [0.5, 0.6) is 11.5 Å². The number of thioether (sulfide) groups is 1. The summed E-state index contributed by atoms with van der Waals surface area (Å²) in [6.07, 6.45) is 2.42. The molecule has 1 unspecified atom stereocenters. The fourth-order valence-corrected chi connectivity index (χ4v) is 3.66. The zero-order chi connectivity index (χ0) is 22.1. The molecule has 2 aromatic rings. The van der Waals surface area contributed by atoms with E-state index < -0.39 is 11.9 Å². The molecule has 0 aromatic heterocycles. The van der Waals surface area contributed by atoms with Crippen LogP contribution in [-0.4, -0.2) is 44.1 Å². The molecule has 1 atom stereocenters. The van der Waals surface area contributed by atoms with E-state index in [4.69, 9.17) is 32.7 Å². The Labute approximate surface area is 190 Å². The Hall–Kier alpha value is -2.09. The van der Waals surface area contributed by atoms with Crippen molar-refractivity contribution in [3.8, 4) is 11.5 Å². The fraction of sp³-hybridized carbons (Fsp3) is 0.333. The predicted octanol–water partition coefficient (Wildman–Crippen LogP) is 4.18. The number of halogens is 2. The van der Waals surface area contributed by atoms with Crippen LogP contribution in [0.2, 0.25) is 10.0 Å². The van der Waals surface area contributed by atoms with Gasteiger partial charge in [0.25, 0.3) is 5.91 Å². The van der Waals surface area contributed by atoms with E-state index in [-0.39, 0.29) is 23.0 Å². The van der Waals surface area contributed by atoms with Gasteiger partial charge < -0.3 is 20.1 Å². The van der Waals surface area contributed by atoms with Crippen LogP contribution >= 0.6 is 35.0 Å². The summed E-state index contributed by atoms with van der Waals surface area (Å²) >= 11 is 13.6. The molecule has 0 aliphatic heterocycles. The minimum atomic E-state index is -0.704. The second kappa shape index (κ2) is 11.9. The van der Waals surface area contributed by atoms with Gasteiger partial charge in [-0.3, -0.25) is 9.59 Å². The minimum absolute atomic E-state index is 0.229. The molecular weight excluding hydrogens is 447 g/mol. The average Bonchev–Trinajstić information content (AvgIpc) is 2.74. The van der Waals surface area contributed by atoms with E-state index in [0.29, 0.717) is 28.7 Å². The topological polar surface area (TPSA) is 76.7 Å². The smallest absolute Gasteiger partial charge is 0.253 e. The van der Waals surface area contributed by atoms with E-state index in [9.17, 15) is 9.59 Å². The van der Waals surface area contributed by atoms with Crippen LogP contribution in [0.25, 0.3) is 0 Å². The van der Waals surface area contributed by atoms with Crippen molar-refractivity contribution >= 4 is 46.8 Å². The number of hydrogen-bond donors (Lipinski definition) is 2. The second-order valence-electron chi connectivity index (χ2n) is 6.37. The van der Waals surface area contributed by atoms with E-state index in [2.05, 4.69) is 10.6 Å². The summed E-state index contributed by atoms with van der Waals surface area (Å²) in [6.45, 7) is 0.264. The van der Waals surface area contributed by atoms with Gasteiger partial charge in [0.2, 0.25) is 5.91 Å². The van der Waals surface area contributed by atoms with Crippen molar-refractivity contribution in [1.82, 2.24) is 10.6 Å². The lowest BCUT2D eigenvalue weighted by molar-refractivity contribution is -0.123. The van der Waals surface area contributed by atoms with Crippen LogP contribution in [0.3, 0.4) is 0 Å². The Kier molecular flexibility index (Phi) is 9.62. The maximum Gasteiger partial charge on any atom is 0.253 e. The maximum atomic E-state index is 12.8. The molecule has 0 fully saturated rings. The van der Waals surface area contributed by atoms with Crippen molar-refractivity contribution in [2.75, 3.05) is 26.2 Å². The summed E-state index contributed by atoms with van der Waals surface area (Å²) in [4.78, 5) is 25.4. The third-order valence-corrected chi connectivity index (χ3v) is 5.48. The first-order chi connectivity index (χ1) is 14.4. The zero-order valence-corrected chi connectivity index (χ0v) is 19.3. The van der Waals surface area contributed by atoms with Crippen molar-refractivity contribution in [2.45, 2.75) is 19.0 Å². The number of rotatable bonds is 10. The molecule has 0 aliphatic rings. The quantitative estimate of drug-likeness (QED) is 0.544. The van der Waals surface area contributed by atoms with Crippen LogP contribution in [0.1, 0.15) is 22.3 Å². The van der Waals surface area contributed by atoms with Crippen LogP contribution < -0.4 is 20.1 Å². The van der Waals surface area contributed by atoms with Gasteiger partial charge in [-0.15, -0.1) is 0 Å². The van der Waals surface area contributed by atoms with Crippen molar-refractivity contribution in [3.63, 3.8) is 0 Å². The van der Waals surface area contributed by atoms with Crippen LogP contribution in [-0.2, 0) is 11.3 Å². The Bertz CT molecular complexity index is 873. The average molecular weight is 471 g/mol. The molecule has 30 heavy (non-hydrogen) atoms. The number of hydrogen-bond acceptors (Lipinski definition) is 5. The largest absolute Gasteiger partial charge is 0.497 e. The SMILES string of the molecule is COc1cc(CNC(=O)C(CCSC)NC(=O)c2ccc(Cl)cc2Cl)cc(OC)c1. The summed E-state index contributed by atoms with van der Waals surface area (Å²) in [7, 11) is 3.13. The van der Waals surface area contributed by atoms with Gasteiger partial charge in [-0.05, 0) is 54.3 Å². The summed E-state index contributed by atoms with van der Waals surface area (Å²) < 4.78 is 10.5. The molecule has 2 N–H and O–H groups in total. The van der Waals surface area contributed by atoms with Gasteiger partial charge >= 0.3 is 0 Å². The van der Waals surface area contributed by atoms with Gasteiger partial charge in [-0.1, -0.05) is 23.2 Å². The molecule has 2 rings (SSSR count). The molecule has 162 valence electrons. The highest BCUT2D eigenvalue weighted by Crippen LogP contribution is 2.23. The predicted molar refractivity (Wildman–Crippen MR) is 122 cm³/mol. The molecule has 0 radical (unpaired) electrons. The van der Waals surface area contributed by atoms with Gasteiger partial charge in [-0.25, -0.2) is 0 Å². The molecule has 0 bridgehead atoms. The number of benzene rings is 2. The Morgan fingerprint density at radius 2 is 1.73 bits per heavy atom. The molecule has 0 heterocycles. The lowest BCUT2D eigenvalue weighted by Crippen LogP contribution is -2.47. The second-order valence-corrected chi connectivity index (χ2v) is 8.20. The summed E-state index contributed by atoms with van der Waals surface area (Å²) in [5.74, 6) is 1.25. The van der Waals surface area contributed by atoms with Crippen LogP contribution in [0, 0.1) is 0 Å². The molecule has 2 aromatic carbocycles. The first-order valence-corrected chi connectivity index (χ1v) is 11.3. The standard InChI is InChI=1S/C21H24Cl2N2O4S/c1-28-15-8-13(9-16(11-15)29-2)12-24-21(27)19(6-7-30-3)25-20(26)17-5-4-14(22)10-18(17)23/h4-5,8-11,19H,6-7,12H2,1-3H3,(H,24,27)(H,25,26). The molecule has 0 spiro atoms. The normalized spacial score (nSPS) is 11.5. The monoisotopic (exact) mass is 470 g/mol. The van der Waals surface area contributed by atoms with Gasteiger partial charge in [0, 0.05) is 17.6 Å². The third kappa shape index (κ3) is 7.00. The van der Waals surface area contributed by atoms with E-state index in [1.54, 1.807) is 38.1 Å². The van der Waals surface area contributed by atoms with Gasteiger partial charge in [0.1, 0.15) is 17.5 Å². The minimum Gasteiger partial charge on any atom is -0.497 e. The van der Waals surface area contributed by atoms with Gasteiger partial charge in [-0.2, -0.15) is 11.8 Å². The number of amides is 2. The van der Waals surface area contributed by atoms with Gasteiger partial charge in [0.05, 0.1) is 24.8 Å². The van der Waals surface area contributed by atoms with E-state index in [1.165, 1.54) is 12.1 Å². The number of carbonyl (C=O) groups is 2. The summed E-state index contributed by atoms with van der Waals surface area (Å²) in [5, 5.41) is 6.29. The van der Waals surface area contributed by atoms with E-state index >= 15 is 0 Å². The molecule has 0 saturated heterocycles. The van der Waals surface area contributed by atoms with Crippen molar-refractivity contribution in [3.05, 3.63) is 57.6 Å². The molecule has 0 aliphatic carbocycles. The van der Waals surface area contributed by atoms with Crippen molar-refractivity contribution in [1.29, 1.82) is 0 Å². The molecule has 0 saturated carbocycles. The van der Waals surface area contributed by atoms with E-state index in [0.717, 1.165) is 5.56 Å². The molecular formula is C21H24Cl2N2O4S.